The van der Waals surface area contributed by atoms with Gasteiger partial charge in [-0.05, 0) is 43.2 Å². The number of nitrogens with two attached hydrogens (primary N) is 1. The number of thiophene rings is 1. The number of nitrogens with zero attached hydrogens (tertiary/aromatic N) is 1. The molecule has 1 aromatic heterocycles. The van der Waals surface area contributed by atoms with E-state index in [0.717, 1.165) is 13.0 Å². The average molecular weight is 282 g/mol. The molecule has 1 heterocycles. The Balaban J connectivity index is 2.26. The molecule has 2 rings (SSSR count). The van der Waals surface area contributed by atoms with Crippen molar-refractivity contribution >= 4 is 11.3 Å². The summed E-state index contributed by atoms with van der Waals surface area (Å²) in [5.41, 5.74) is 7.74. The zero-order valence-corrected chi connectivity index (χ0v) is 12.8. The Bertz CT molecular complexity index is 389. The maximum Gasteiger partial charge on any atom is 0.0599 e. The summed E-state index contributed by atoms with van der Waals surface area (Å²) in [6.45, 7) is 5.27. The van der Waals surface area contributed by atoms with E-state index in [1.54, 1.807) is 11.3 Å². The van der Waals surface area contributed by atoms with E-state index in [2.05, 4.69) is 30.2 Å². The lowest BCUT2D eigenvalue weighted by molar-refractivity contribution is 0.0486. The highest BCUT2D eigenvalue weighted by atomic mass is 32.1. The first-order valence-electron chi connectivity index (χ1n) is 7.35. The quantitative estimate of drug-likeness (QED) is 0.808. The van der Waals surface area contributed by atoms with Gasteiger partial charge in [-0.1, -0.05) is 13.3 Å². The second kappa shape index (κ2) is 6.84. The van der Waals surface area contributed by atoms with E-state index in [0.29, 0.717) is 6.04 Å². The van der Waals surface area contributed by atoms with E-state index in [4.69, 9.17) is 5.73 Å². The molecule has 1 saturated carbocycles. The summed E-state index contributed by atoms with van der Waals surface area (Å²) in [6.07, 6.45) is 4.77. The van der Waals surface area contributed by atoms with Crippen molar-refractivity contribution in [1.82, 2.24) is 4.90 Å². The molecule has 1 aliphatic carbocycles. The predicted molar refractivity (Wildman–Crippen MR) is 81.5 cm³/mol. The van der Waals surface area contributed by atoms with Crippen molar-refractivity contribution in [2.24, 2.45) is 5.73 Å². The fourth-order valence-corrected chi connectivity index (χ4v) is 4.01. The molecule has 1 aliphatic rings. The molecule has 0 amide bonds. The van der Waals surface area contributed by atoms with Gasteiger partial charge in [0.05, 0.1) is 12.6 Å². The van der Waals surface area contributed by atoms with Gasteiger partial charge in [0.15, 0.2) is 0 Å². The molecule has 0 bridgehead atoms. The summed E-state index contributed by atoms with van der Waals surface area (Å²) in [7, 11) is 0. The van der Waals surface area contributed by atoms with E-state index in [9.17, 15) is 5.11 Å². The summed E-state index contributed by atoms with van der Waals surface area (Å²) in [6, 6.07) is 3.19. The molecular weight excluding hydrogens is 256 g/mol. The maximum absolute atomic E-state index is 9.40. The third-order valence-electron chi connectivity index (χ3n) is 4.31. The molecule has 3 nitrogen and oxygen atoms in total. The average Bonchev–Trinajstić information content (AvgIpc) is 2.74. The van der Waals surface area contributed by atoms with E-state index >= 15 is 0 Å². The third-order valence-corrected chi connectivity index (χ3v) is 5.40. The topological polar surface area (TPSA) is 49.5 Å². The van der Waals surface area contributed by atoms with Gasteiger partial charge in [-0.25, -0.2) is 0 Å². The van der Waals surface area contributed by atoms with Crippen molar-refractivity contribution in [1.29, 1.82) is 0 Å². The minimum Gasteiger partial charge on any atom is -0.395 e. The van der Waals surface area contributed by atoms with Crippen LogP contribution in [0, 0.1) is 6.92 Å². The molecule has 2 unspecified atom stereocenters. The number of aliphatic hydroxyl groups is 1. The Morgan fingerprint density at radius 3 is 2.68 bits per heavy atom. The monoisotopic (exact) mass is 282 g/mol. The fraction of sp³-hybridized carbons (Fsp3) is 0.733. The second-order valence-corrected chi connectivity index (χ2v) is 6.48. The van der Waals surface area contributed by atoms with Crippen LogP contribution in [0.5, 0.6) is 0 Å². The van der Waals surface area contributed by atoms with Crippen molar-refractivity contribution in [3.8, 4) is 0 Å². The van der Waals surface area contributed by atoms with Crippen molar-refractivity contribution in [3.63, 3.8) is 0 Å². The maximum atomic E-state index is 9.40. The molecule has 1 aromatic rings. The molecule has 1 fully saturated rings. The second-order valence-electron chi connectivity index (χ2n) is 5.53. The third kappa shape index (κ3) is 3.19. The van der Waals surface area contributed by atoms with Crippen LogP contribution in [0.2, 0.25) is 0 Å². The molecule has 0 aliphatic heterocycles. The molecule has 2 atom stereocenters. The number of hydrogen-bond acceptors (Lipinski definition) is 4. The summed E-state index contributed by atoms with van der Waals surface area (Å²) >= 11 is 1.80. The molecule has 3 N–H and O–H groups in total. The number of aryl methyl sites for hydroxylation is 1. The Hall–Kier alpha value is -0.420. The first-order chi connectivity index (χ1) is 9.19. The molecule has 0 spiro atoms. The standard InChI is InChI=1S/C15H26N2OS/c1-3-13(16)14(15-11(2)7-10-19-15)17(8-9-18)12-5-4-6-12/h7,10,12-14,18H,3-6,8-9,16H2,1-2H3. The minimum absolute atomic E-state index is 0.143. The lowest BCUT2D eigenvalue weighted by Gasteiger charge is -2.44. The van der Waals surface area contributed by atoms with E-state index in [-0.39, 0.29) is 18.7 Å². The van der Waals surface area contributed by atoms with E-state index < -0.39 is 0 Å². The minimum atomic E-state index is 0.143. The highest BCUT2D eigenvalue weighted by Crippen LogP contribution is 2.37. The number of rotatable bonds is 7. The van der Waals surface area contributed by atoms with Crippen LogP contribution in [0.3, 0.4) is 0 Å². The Labute approximate surface area is 120 Å². The van der Waals surface area contributed by atoms with Gasteiger partial charge >= 0.3 is 0 Å². The van der Waals surface area contributed by atoms with Crippen LogP contribution in [0.25, 0.3) is 0 Å². The predicted octanol–water partition coefficient (Wildman–Crippen LogP) is 2.68. The molecule has 0 aromatic carbocycles. The van der Waals surface area contributed by atoms with Crippen LogP contribution >= 0.6 is 11.3 Å². The van der Waals surface area contributed by atoms with Crippen LogP contribution < -0.4 is 5.73 Å². The summed E-state index contributed by atoms with van der Waals surface area (Å²) in [4.78, 5) is 3.84. The van der Waals surface area contributed by atoms with Gasteiger partial charge in [0.2, 0.25) is 0 Å². The van der Waals surface area contributed by atoms with Gasteiger partial charge in [-0.2, -0.15) is 0 Å². The van der Waals surface area contributed by atoms with Crippen LogP contribution in [-0.4, -0.2) is 35.2 Å². The SMILES string of the molecule is CCC(N)C(c1sccc1C)N(CCO)C1CCC1. The lowest BCUT2D eigenvalue weighted by Crippen LogP contribution is -2.49. The Morgan fingerprint density at radius 2 is 2.26 bits per heavy atom. The Morgan fingerprint density at radius 1 is 1.53 bits per heavy atom. The summed E-state index contributed by atoms with van der Waals surface area (Å²) in [5.74, 6) is 0. The largest absolute Gasteiger partial charge is 0.395 e. The summed E-state index contributed by atoms with van der Waals surface area (Å²) < 4.78 is 0. The first-order valence-corrected chi connectivity index (χ1v) is 8.23. The van der Waals surface area contributed by atoms with Gasteiger partial charge in [0.1, 0.15) is 0 Å². The lowest BCUT2D eigenvalue weighted by atomic mass is 9.88. The Kier molecular flexibility index (Phi) is 5.39. The highest BCUT2D eigenvalue weighted by Gasteiger charge is 2.34. The van der Waals surface area contributed by atoms with Crippen LogP contribution in [0.4, 0.5) is 0 Å². The zero-order chi connectivity index (χ0) is 13.8. The molecule has 0 saturated heterocycles. The van der Waals surface area contributed by atoms with E-state index in [1.807, 2.05) is 0 Å². The fourth-order valence-electron chi connectivity index (χ4n) is 2.88. The zero-order valence-electron chi connectivity index (χ0n) is 12.0. The van der Waals surface area contributed by atoms with Gasteiger partial charge in [-0.15, -0.1) is 11.3 Å². The van der Waals surface area contributed by atoms with Gasteiger partial charge in [-0.3, -0.25) is 4.90 Å². The van der Waals surface area contributed by atoms with Gasteiger partial charge in [0.25, 0.3) is 0 Å². The molecule has 108 valence electrons. The number of hydrogen-bond donors (Lipinski definition) is 2. The van der Waals surface area contributed by atoms with Crippen molar-refractivity contribution < 1.29 is 5.11 Å². The van der Waals surface area contributed by atoms with Gasteiger partial charge < -0.3 is 10.8 Å². The molecular formula is C15H26N2OS. The molecule has 0 radical (unpaired) electrons. The van der Waals surface area contributed by atoms with Crippen LogP contribution in [0.15, 0.2) is 11.4 Å². The van der Waals surface area contributed by atoms with Crippen molar-refractivity contribution in [2.45, 2.75) is 57.7 Å². The van der Waals surface area contributed by atoms with Crippen LogP contribution in [0.1, 0.15) is 49.1 Å². The van der Waals surface area contributed by atoms with E-state index in [1.165, 1.54) is 29.7 Å². The normalized spacial score (nSPS) is 19.4. The highest BCUT2D eigenvalue weighted by molar-refractivity contribution is 7.10. The molecule has 4 heteroatoms. The number of aliphatic hydroxyl groups excluding tert-OH is 1. The van der Waals surface area contributed by atoms with Gasteiger partial charge in [0, 0.05) is 23.5 Å². The van der Waals surface area contributed by atoms with Crippen molar-refractivity contribution in [2.75, 3.05) is 13.2 Å². The smallest absolute Gasteiger partial charge is 0.0599 e. The first kappa shape index (κ1) is 15.0. The molecule has 19 heavy (non-hydrogen) atoms. The van der Waals surface area contributed by atoms with Crippen molar-refractivity contribution in [3.05, 3.63) is 21.9 Å². The van der Waals surface area contributed by atoms with Crippen LogP contribution in [-0.2, 0) is 0 Å². The summed E-state index contributed by atoms with van der Waals surface area (Å²) in [5, 5.41) is 11.5.